The zero-order valence-electron chi connectivity index (χ0n) is 18.1. The van der Waals surface area contributed by atoms with E-state index in [1.807, 2.05) is 35.2 Å². The normalized spacial score (nSPS) is 13.5. The van der Waals surface area contributed by atoms with Crippen LogP contribution in [-0.2, 0) is 0 Å². The summed E-state index contributed by atoms with van der Waals surface area (Å²) < 4.78 is 6.10. The van der Waals surface area contributed by atoms with Crippen molar-refractivity contribution < 1.29 is 14.3 Å². The number of rotatable bonds is 5. The van der Waals surface area contributed by atoms with Gasteiger partial charge in [0.25, 0.3) is 11.8 Å². The highest BCUT2D eigenvalue weighted by atomic mass is 79.9. The first kappa shape index (κ1) is 23.1. The first-order valence-corrected chi connectivity index (χ1v) is 11.7. The molecule has 3 aromatic carbocycles. The lowest BCUT2D eigenvalue weighted by Crippen LogP contribution is -2.48. The highest BCUT2D eigenvalue weighted by Crippen LogP contribution is 2.25. The molecule has 2 amide bonds. The van der Waals surface area contributed by atoms with Gasteiger partial charge in [-0.3, -0.25) is 9.59 Å². The van der Waals surface area contributed by atoms with Gasteiger partial charge in [0.15, 0.2) is 0 Å². The molecular formula is C25H23BrClN3O3. The zero-order chi connectivity index (χ0) is 23.4. The van der Waals surface area contributed by atoms with Crippen molar-refractivity contribution in [1.82, 2.24) is 4.90 Å². The molecule has 0 unspecified atom stereocenters. The van der Waals surface area contributed by atoms with E-state index in [4.69, 9.17) is 16.3 Å². The third-order valence-corrected chi connectivity index (χ3v) is 6.30. The minimum absolute atomic E-state index is 0.0207. The molecule has 1 fully saturated rings. The fraction of sp³-hybridized carbons (Fsp3) is 0.200. The number of ether oxygens (including phenoxy) is 1. The summed E-state index contributed by atoms with van der Waals surface area (Å²) in [6, 6.07) is 20.0. The van der Waals surface area contributed by atoms with E-state index in [9.17, 15) is 9.59 Å². The number of carbonyl (C=O) groups excluding carboxylic acids is 2. The van der Waals surface area contributed by atoms with Crippen LogP contribution in [0.2, 0.25) is 5.02 Å². The third-order valence-electron chi connectivity index (χ3n) is 5.55. The van der Waals surface area contributed by atoms with Gasteiger partial charge < -0.3 is 19.9 Å². The number of amides is 2. The van der Waals surface area contributed by atoms with Crippen LogP contribution < -0.4 is 15.0 Å². The molecule has 1 heterocycles. The fourth-order valence-electron chi connectivity index (χ4n) is 3.75. The van der Waals surface area contributed by atoms with E-state index in [0.717, 1.165) is 23.2 Å². The van der Waals surface area contributed by atoms with Crippen molar-refractivity contribution in [2.45, 2.75) is 0 Å². The van der Waals surface area contributed by atoms with Gasteiger partial charge in [0, 0.05) is 52.6 Å². The van der Waals surface area contributed by atoms with Crippen LogP contribution in [0.5, 0.6) is 5.75 Å². The van der Waals surface area contributed by atoms with E-state index in [0.29, 0.717) is 40.7 Å². The average Bonchev–Trinajstić information content (AvgIpc) is 2.84. The van der Waals surface area contributed by atoms with Crippen molar-refractivity contribution >= 4 is 50.7 Å². The van der Waals surface area contributed by atoms with Gasteiger partial charge in [0.05, 0.1) is 12.7 Å². The average molecular weight is 529 g/mol. The minimum Gasteiger partial charge on any atom is -0.496 e. The van der Waals surface area contributed by atoms with E-state index in [-0.39, 0.29) is 11.8 Å². The number of hydrogen-bond donors (Lipinski definition) is 1. The van der Waals surface area contributed by atoms with E-state index in [2.05, 4.69) is 26.1 Å². The summed E-state index contributed by atoms with van der Waals surface area (Å²) in [6.07, 6.45) is 0. The second kappa shape index (κ2) is 10.3. The molecule has 6 nitrogen and oxygen atoms in total. The molecular weight excluding hydrogens is 506 g/mol. The van der Waals surface area contributed by atoms with Crippen LogP contribution in [0, 0.1) is 0 Å². The second-order valence-electron chi connectivity index (χ2n) is 7.63. The first-order valence-electron chi connectivity index (χ1n) is 10.5. The van der Waals surface area contributed by atoms with Crippen molar-refractivity contribution in [1.29, 1.82) is 0 Å². The van der Waals surface area contributed by atoms with Gasteiger partial charge in [-0.05, 0) is 66.7 Å². The summed E-state index contributed by atoms with van der Waals surface area (Å²) in [4.78, 5) is 29.5. The van der Waals surface area contributed by atoms with Gasteiger partial charge >= 0.3 is 0 Å². The molecule has 0 spiro atoms. The molecule has 0 saturated carbocycles. The molecule has 0 atom stereocenters. The molecule has 0 aliphatic carbocycles. The molecule has 1 N–H and O–H groups in total. The molecule has 170 valence electrons. The molecule has 0 aromatic heterocycles. The Hall–Kier alpha value is -3.03. The molecule has 3 aromatic rings. The molecule has 0 bridgehead atoms. The number of hydrogen-bond acceptors (Lipinski definition) is 4. The van der Waals surface area contributed by atoms with Gasteiger partial charge in [-0.2, -0.15) is 0 Å². The summed E-state index contributed by atoms with van der Waals surface area (Å²) in [6.45, 7) is 2.76. The fourth-order valence-corrected chi connectivity index (χ4v) is 4.24. The lowest BCUT2D eigenvalue weighted by molar-refractivity contribution is 0.0746. The standard InChI is InChI=1S/C25H23BrClN3O3/c1-33-23-11-4-18(26)16-22(23)24(31)28-20-7-9-21(10-8-20)29-12-14-30(15-13-29)25(32)17-2-5-19(27)6-3-17/h2-11,16H,12-15H2,1H3,(H,28,31). The smallest absolute Gasteiger partial charge is 0.259 e. The summed E-state index contributed by atoms with van der Waals surface area (Å²) >= 11 is 9.31. The quantitative estimate of drug-likeness (QED) is 0.487. The highest BCUT2D eigenvalue weighted by Gasteiger charge is 2.22. The molecule has 1 aliphatic rings. The van der Waals surface area contributed by atoms with Crippen molar-refractivity contribution in [2.24, 2.45) is 0 Å². The number of nitrogens with zero attached hydrogens (tertiary/aromatic N) is 2. The zero-order valence-corrected chi connectivity index (χ0v) is 20.4. The number of anilines is 2. The van der Waals surface area contributed by atoms with Gasteiger partial charge in [-0.1, -0.05) is 27.5 Å². The minimum atomic E-state index is -0.241. The molecule has 33 heavy (non-hydrogen) atoms. The molecule has 1 saturated heterocycles. The number of benzene rings is 3. The van der Waals surface area contributed by atoms with Crippen molar-refractivity contribution in [3.05, 3.63) is 87.4 Å². The molecule has 4 rings (SSSR count). The van der Waals surface area contributed by atoms with Crippen LogP contribution in [0.25, 0.3) is 0 Å². The number of piperazine rings is 1. The van der Waals surface area contributed by atoms with E-state index in [1.54, 1.807) is 36.4 Å². The van der Waals surface area contributed by atoms with Gasteiger partial charge in [0.1, 0.15) is 5.75 Å². The number of methoxy groups -OCH3 is 1. The Morgan fingerprint density at radius 1 is 0.939 bits per heavy atom. The van der Waals surface area contributed by atoms with Crippen molar-refractivity contribution in [2.75, 3.05) is 43.5 Å². The second-order valence-corrected chi connectivity index (χ2v) is 8.98. The van der Waals surface area contributed by atoms with Crippen LogP contribution in [0.1, 0.15) is 20.7 Å². The topological polar surface area (TPSA) is 61.9 Å². The Morgan fingerprint density at radius 3 is 2.24 bits per heavy atom. The van der Waals surface area contributed by atoms with Crippen LogP contribution in [-0.4, -0.2) is 50.0 Å². The summed E-state index contributed by atoms with van der Waals surface area (Å²) in [5.41, 5.74) is 2.85. The van der Waals surface area contributed by atoms with Crippen LogP contribution in [0.15, 0.2) is 71.2 Å². The number of halogens is 2. The number of nitrogens with one attached hydrogen (secondary N) is 1. The van der Waals surface area contributed by atoms with Crippen molar-refractivity contribution in [3.63, 3.8) is 0 Å². The Morgan fingerprint density at radius 2 is 1.61 bits per heavy atom. The number of carbonyl (C=O) groups is 2. The third kappa shape index (κ3) is 5.49. The Kier molecular flexibility index (Phi) is 7.20. The monoisotopic (exact) mass is 527 g/mol. The Bertz CT molecular complexity index is 1140. The largest absolute Gasteiger partial charge is 0.496 e. The Balaban J connectivity index is 1.35. The van der Waals surface area contributed by atoms with Crippen LogP contribution in [0.4, 0.5) is 11.4 Å². The molecule has 8 heteroatoms. The summed E-state index contributed by atoms with van der Waals surface area (Å²) in [7, 11) is 1.54. The van der Waals surface area contributed by atoms with Crippen molar-refractivity contribution in [3.8, 4) is 5.75 Å². The van der Waals surface area contributed by atoms with E-state index in [1.165, 1.54) is 7.11 Å². The highest BCUT2D eigenvalue weighted by molar-refractivity contribution is 9.10. The maximum Gasteiger partial charge on any atom is 0.259 e. The van der Waals surface area contributed by atoms with Crippen LogP contribution in [0.3, 0.4) is 0 Å². The predicted molar refractivity (Wildman–Crippen MR) is 135 cm³/mol. The lowest BCUT2D eigenvalue weighted by Gasteiger charge is -2.36. The summed E-state index contributed by atoms with van der Waals surface area (Å²) in [5, 5.41) is 3.53. The first-order chi connectivity index (χ1) is 15.9. The van der Waals surface area contributed by atoms with E-state index >= 15 is 0 Å². The van der Waals surface area contributed by atoms with Gasteiger partial charge in [-0.15, -0.1) is 0 Å². The lowest BCUT2D eigenvalue weighted by atomic mass is 10.1. The van der Waals surface area contributed by atoms with Gasteiger partial charge in [-0.25, -0.2) is 0 Å². The molecule has 0 radical (unpaired) electrons. The van der Waals surface area contributed by atoms with Gasteiger partial charge in [0.2, 0.25) is 0 Å². The molecule has 1 aliphatic heterocycles. The van der Waals surface area contributed by atoms with E-state index < -0.39 is 0 Å². The maximum atomic E-state index is 12.7. The SMILES string of the molecule is COc1ccc(Br)cc1C(=O)Nc1ccc(N2CCN(C(=O)c3ccc(Cl)cc3)CC2)cc1. The Labute approximate surface area is 206 Å². The van der Waals surface area contributed by atoms with Crippen LogP contribution >= 0.6 is 27.5 Å². The maximum absolute atomic E-state index is 12.7. The predicted octanol–water partition coefficient (Wildman–Crippen LogP) is 5.33. The summed E-state index contributed by atoms with van der Waals surface area (Å²) in [5.74, 6) is 0.293.